The second kappa shape index (κ2) is 5.70. The van der Waals surface area contributed by atoms with Crippen LogP contribution < -0.4 is 10.6 Å². The molecule has 0 aromatic heterocycles. The van der Waals surface area contributed by atoms with Crippen molar-refractivity contribution in [1.82, 2.24) is 0 Å². The Balaban J connectivity index is 2.26. The molecule has 2 N–H and O–H groups in total. The molecule has 0 amide bonds. The second-order valence-corrected chi connectivity index (χ2v) is 5.25. The van der Waals surface area contributed by atoms with Gasteiger partial charge in [-0.3, -0.25) is 0 Å². The van der Waals surface area contributed by atoms with Crippen LogP contribution in [0.3, 0.4) is 0 Å². The number of rotatable bonds is 3. The fourth-order valence-electron chi connectivity index (χ4n) is 2.78. The lowest BCUT2D eigenvalue weighted by Crippen LogP contribution is -2.39. The molecule has 1 fully saturated rings. The molecule has 18 heavy (non-hydrogen) atoms. The second-order valence-electron chi connectivity index (χ2n) is 5.25. The van der Waals surface area contributed by atoms with Gasteiger partial charge in [-0.1, -0.05) is 13.0 Å². The van der Waals surface area contributed by atoms with Gasteiger partial charge in [-0.25, -0.2) is 4.39 Å². The van der Waals surface area contributed by atoms with Crippen molar-refractivity contribution in [2.45, 2.75) is 51.6 Å². The van der Waals surface area contributed by atoms with Crippen molar-refractivity contribution < 1.29 is 4.39 Å². The normalized spacial score (nSPS) is 22.0. The first-order valence-corrected chi connectivity index (χ1v) is 6.95. The molecule has 0 saturated carbocycles. The van der Waals surface area contributed by atoms with Crippen LogP contribution in [0.2, 0.25) is 0 Å². The van der Waals surface area contributed by atoms with E-state index in [1.165, 1.54) is 12.8 Å². The molecule has 1 aliphatic heterocycles. The largest absolute Gasteiger partial charge is 0.366 e. The van der Waals surface area contributed by atoms with E-state index in [2.05, 4.69) is 11.8 Å². The molecule has 1 aromatic carbocycles. The van der Waals surface area contributed by atoms with Crippen LogP contribution in [0.25, 0.3) is 0 Å². The minimum absolute atomic E-state index is 0.114. The molecule has 0 bridgehead atoms. The molecule has 1 aliphatic rings. The lowest BCUT2D eigenvalue weighted by Gasteiger charge is -2.37. The smallest absolute Gasteiger partial charge is 0.146 e. The Bertz CT molecular complexity index is 403. The maximum absolute atomic E-state index is 14.2. The van der Waals surface area contributed by atoms with Crippen LogP contribution in [0.4, 0.5) is 10.1 Å². The zero-order chi connectivity index (χ0) is 13.1. The quantitative estimate of drug-likeness (QED) is 0.888. The Morgan fingerprint density at radius 3 is 2.83 bits per heavy atom. The zero-order valence-corrected chi connectivity index (χ0v) is 11.3. The van der Waals surface area contributed by atoms with Crippen molar-refractivity contribution in [3.63, 3.8) is 0 Å². The highest BCUT2D eigenvalue weighted by molar-refractivity contribution is 5.50. The van der Waals surface area contributed by atoms with E-state index in [-0.39, 0.29) is 11.9 Å². The zero-order valence-electron chi connectivity index (χ0n) is 11.3. The molecule has 1 unspecified atom stereocenters. The predicted octanol–water partition coefficient (Wildman–Crippen LogP) is 3.61. The van der Waals surface area contributed by atoms with E-state index in [1.807, 2.05) is 19.1 Å². The van der Waals surface area contributed by atoms with E-state index in [4.69, 9.17) is 5.73 Å². The molecule has 1 heterocycles. The third-order valence-electron chi connectivity index (χ3n) is 3.91. The van der Waals surface area contributed by atoms with Crippen molar-refractivity contribution in [2.24, 2.45) is 5.73 Å². The molecular weight excluding hydrogens is 227 g/mol. The highest BCUT2D eigenvalue weighted by atomic mass is 19.1. The topological polar surface area (TPSA) is 29.3 Å². The lowest BCUT2D eigenvalue weighted by molar-refractivity contribution is 0.443. The first kappa shape index (κ1) is 13.3. The van der Waals surface area contributed by atoms with E-state index in [1.54, 1.807) is 6.07 Å². The van der Waals surface area contributed by atoms with Gasteiger partial charge in [0, 0.05) is 18.6 Å². The van der Waals surface area contributed by atoms with Crippen LogP contribution in [-0.2, 0) is 0 Å². The molecule has 0 spiro atoms. The molecule has 2 atom stereocenters. The van der Waals surface area contributed by atoms with E-state index in [0.29, 0.717) is 6.04 Å². The SMILES string of the molecule is CCC1CCCCN1c1ccc([C@H](C)N)cc1F. The Labute approximate surface area is 109 Å². The van der Waals surface area contributed by atoms with Gasteiger partial charge >= 0.3 is 0 Å². The first-order chi connectivity index (χ1) is 8.63. The molecule has 2 rings (SSSR count). The number of anilines is 1. The van der Waals surface area contributed by atoms with Crippen LogP contribution >= 0.6 is 0 Å². The first-order valence-electron chi connectivity index (χ1n) is 6.95. The molecule has 1 saturated heterocycles. The number of benzene rings is 1. The molecule has 1 aromatic rings. The van der Waals surface area contributed by atoms with Gasteiger partial charge in [-0.05, 0) is 50.3 Å². The summed E-state index contributed by atoms with van der Waals surface area (Å²) in [7, 11) is 0. The summed E-state index contributed by atoms with van der Waals surface area (Å²) in [6.45, 7) is 5.02. The van der Waals surface area contributed by atoms with Crippen molar-refractivity contribution >= 4 is 5.69 Å². The van der Waals surface area contributed by atoms with Crippen molar-refractivity contribution in [3.8, 4) is 0 Å². The maximum atomic E-state index is 14.2. The summed E-state index contributed by atoms with van der Waals surface area (Å²) in [5.41, 5.74) is 7.39. The van der Waals surface area contributed by atoms with Gasteiger partial charge in [-0.2, -0.15) is 0 Å². The highest BCUT2D eigenvalue weighted by Crippen LogP contribution is 2.29. The predicted molar refractivity (Wildman–Crippen MR) is 74.3 cm³/mol. The summed E-state index contributed by atoms with van der Waals surface area (Å²) in [5.74, 6) is -0.134. The van der Waals surface area contributed by atoms with Gasteiger partial charge < -0.3 is 10.6 Å². The Morgan fingerprint density at radius 1 is 1.44 bits per heavy atom. The van der Waals surface area contributed by atoms with Crippen molar-refractivity contribution in [2.75, 3.05) is 11.4 Å². The third kappa shape index (κ3) is 2.66. The summed E-state index contributed by atoms with van der Waals surface area (Å²) >= 11 is 0. The molecule has 0 radical (unpaired) electrons. The minimum Gasteiger partial charge on any atom is -0.366 e. The molecule has 2 nitrogen and oxygen atoms in total. The lowest BCUT2D eigenvalue weighted by atomic mass is 9.98. The Hall–Kier alpha value is -1.09. The number of hydrogen-bond acceptors (Lipinski definition) is 2. The van der Waals surface area contributed by atoms with Crippen molar-refractivity contribution in [1.29, 1.82) is 0 Å². The number of halogens is 1. The summed E-state index contributed by atoms with van der Waals surface area (Å²) < 4.78 is 14.2. The third-order valence-corrected chi connectivity index (χ3v) is 3.91. The van der Waals surface area contributed by atoms with E-state index in [0.717, 1.165) is 30.6 Å². The average Bonchev–Trinajstić information content (AvgIpc) is 2.38. The van der Waals surface area contributed by atoms with Crippen LogP contribution in [0.5, 0.6) is 0 Å². The fourth-order valence-corrected chi connectivity index (χ4v) is 2.78. The average molecular weight is 250 g/mol. The highest BCUT2D eigenvalue weighted by Gasteiger charge is 2.23. The van der Waals surface area contributed by atoms with Crippen LogP contribution in [0.15, 0.2) is 18.2 Å². The van der Waals surface area contributed by atoms with E-state index in [9.17, 15) is 4.39 Å². The number of nitrogens with two attached hydrogens (primary N) is 1. The Kier molecular flexibility index (Phi) is 4.23. The van der Waals surface area contributed by atoms with Crippen molar-refractivity contribution in [3.05, 3.63) is 29.6 Å². The molecule has 3 heteroatoms. The summed E-state index contributed by atoms with van der Waals surface area (Å²) in [6.07, 6.45) is 4.67. The maximum Gasteiger partial charge on any atom is 0.146 e. The molecular formula is C15H23FN2. The van der Waals surface area contributed by atoms with Gasteiger partial charge in [0.2, 0.25) is 0 Å². The summed E-state index contributed by atoms with van der Waals surface area (Å²) in [5, 5.41) is 0. The Morgan fingerprint density at radius 2 is 2.22 bits per heavy atom. The van der Waals surface area contributed by atoms with E-state index >= 15 is 0 Å². The van der Waals surface area contributed by atoms with Crippen LogP contribution in [-0.4, -0.2) is 12.6 Å². The molecule has 100 valence electrons. The summed E-state index contributed by atoms with van der Waals surface area (Å²) in [6, 6.07) is 5.79. The standard InChI is InChI=1S/C15H23FN2/c1-3-13-6-4-5-9-18(13)15-8-7-12(11(2)17)10-14(15)16/h7-8,10-11,13H,3-6,9,17H2,1-2H3/t11-,13?/m0/s1. The van der Waals surface area contributed by atoms with Gasteiger partial charge in [0.15, 0.2) is 0 Å². The van der Waals surface area contributed by atoms with Gasteiger partial charge in [0.05, 0.1) is 5.69 Å². The monoisotopic (exact) mass is 250 g/mol. The van der Waals surface area contributed by atoms with Crippen LogP contribution in [0, 0.1) is 5.82 Å². The number of nitrogens with zero attached hydrogens (tertiary/aromatic N) is 1. The number of piperidine rings is 1. The van der Waals surface area contributed by atoms with Gasteiger partial charge in [0.1, 0.15) is 5.82 Å². The number of hydrogen-bond donors (Lipinski definition) is 1. The van der Waals surface area contributed by atoms with Crippen LogP contribution in [0.1, 0.15) is 51.1 Å². The summed E-state index contributed by atoms with van der Waals surface area (Å²) in [4.78, 5) is 2.23. The van der Waals surface area contributed by atoms with Gasteiger partial charge in [0.25, 0.3) is 0 Å². The molecule has 0 aliphatic carbocycles. The minimum atomic E-state index is -0.134. The van der Waals surface area contributed by atoms with E-state index < -0.39 is 0 Å². The fraction of sp³-hybridized carbons (Fsp3) is 0.600. The van der Waals surface area contributed by atoms with Gasteiger partial charge in [-0.15, -0.1) is 0 Å².